The summed E-state index contributed by atoms with van der Waals surface area (Å²) in [7, 11) is 1.72. The SMILES string of the molecule is Cn1cc(Cl)c(C(=O)n2cnc3ccccc32)n1. The lowest BCUT2D eigenvalue weighted by Gasteiger charge is -2.00. The third-order valence-corrected chi connectivity index (χ3v) is 2.94. The second-order valence-corrected chi connectivity index (χ2v) is 4.31. The second kappa shape index (κ2) is 3.96. The summed E-state index contributed by atoms with van der Waals surface area (Å²) >= 11 is 5.97. The van der Waals surface area contributed by atoms with E-state index in [2.05, 4.69) is 10.1 Å². The van der Waals surface area contributed by atoms with Crippen LogP contribution in [0.25, 0.3) is 11.0 Å². The van der Waals surface area contributed by atoms with Gasteiger partial charge in [-0.2, -0.15) is 5.10 Å². The number of carbonyl (C=O) groups is 1. The molecule has 0 saturated heterocycles. The van der Waals surface area contributed by atoms with Gasteiger partial charge in [0.15, 0.2) is 5.69 Å². The number of hydrogen-bond donors (Lipinski definition) is 0. The van der Waals surface area contributed by atoms with Crippen molar-refractivity contribution < 1.29 is 4.79 Å². The number of hydrogen-bond acceptors (Lipinski definition) is 3. The van der Waals surface area contributed by atoms with Gasteiger partial charge in [0.25, 0.3) is 5.91 Å². The Morgan fingerprint density at radius 3 is 2.83 bits per heavy atom. The van der Waals surface area contributed by atoms with Crippen LogP contribution in [0.2, 0.25) is 5.02 Å². The van der Waals surface area contributed by atoms with E-state index in [-0.39, 0.29) is 11.6 Å². The highest BCUT2D eigenvalue weighted by molar-refractivity contribution is 6.33. The fraction of sp³-hybridized carbons (Fsp3) is 0.0833. The first-order valence-electron chi connectivity index (χ1n) is 5.33. The van der Waals surface area contributed by atoms with E-state index in [1.165, 1.54) is 15.6 Å². The maximum absolute atomic E-state index is 12.3. The molecule has 0 N–H and O–H groups in total. The molecule has 1 aromatic carbocycles. The van der Waals surface area contributed by atoms with Gasteiger partial charge in [-0.1, -0.05) is 23.7 Å². The number of halogens is 1. The van der Waals surface area contributed by atoms with E-state index in [0.717, 1.165) is 11.0 Å². The van der Waals surface area contributed by atoms with Crippen LogP contribution >= 0.6 is 11.6 Å². The van der Waals surface area contributed by atoms with Crippen LogP contribution in [0.5, 0.6) is 0 Å². The molecule has 3 rings (SSSR count). The van der Waals surface area contributed by atoms with E-state index in [1.54, 1.807) is 13.2 Å². The molecule has 90 valence electrons. The number of aromatic nitrogens is 4. The molecule has 0 spiro atoms. The van der Waals surface area contributed by atoms with Crippen LogP contribution in [0, 0.1) is 0 Å². The number of carbonyl (C=O) groups excluding carboxylic acids is 1. The first kappa shape index (κ1) is 11.0. The number of para-hydroxylation sites is 2. The molecule has 2 heterocycles. The van der Waals surface area contributed by atoms with Gasteiger partial charge in [-0.05, 0) is 12.1 Å². The standard InChI is InChI=1S/C12H9ClN4O/c1-16-6-8(13)11(15-16)12(18)17-7-14-9-4-2-3-5-10(9)17/h2-7H,1H3. The highest BCUT2D eigenvalue weighted by Gasteiger charge is 2.18. The van der Waals surface area contributed by atoms with Crippen molar-refractivity contribution in [3.8, 4) is 0 Å². The highest BCUT2D eigenvalue weighted by atomic mass is 35.5. The van der Waals surface area contributed by atoms with E-state index in [0.29, 0.717) is 5.02 Å². The van der Waals surface area contributed by atoms with Gasteiger partial charge in [0, 0.05) is 13.2 Å². The van der Waals surface area contributed by atoms with E-state index in [4.69, 9.17) is 11.6 Å². The topological polar surface area (TPSA) is 52.7 Å². The van der Waals surface area contributed by atoms with Gasteiger partial charge >= 0.3 is 0 Å². The van der Waals surface area contributed by atoms with Crippen molar-refractivity contribution in [2.75, 3.05) is 0 Å². The second-order valence-electron chi connectivity index (χ2n) is 3.91. The predicted octanol–water partition coefficient (Wildman–Crippen LogP) is 2.11. The molecular formula is C12H9ClN4O. The normalized spacial score (nSPS) is 11.0. The van der Waals surface area contributed by atoms with Crippen LogP contribution in [0.1, 0.15) is 10.5 Å². The van der Waals surface area contributed by atoms with E-state index in [1.807, 2.05) is 24.3 Å². The molecule has 0 radical (unpaired) electrons. The van der Waals surface area contributed by atoms with Crippen molar-refractivity contribution in [2.45, 2.75) is 0 Å². The average molecular weight is 261 g/mol. The summed E-state index contributed by atoms with van der Waals surface area (Å²) in [5.41, 5.74) is 1.73. The molecule has 6 heteroatoms. The Hall–Kier alpha value is -2.14. The Bertz CT molecular complexity index is 743. The van der Waals surface area contributed by atoms with Crippen molar-refractivity contribution >= 4 is 28.5 Å². The molecule has 5 nitrogen and oxygen atoms in total. The molecule has 18 heavy (non-hydrogen) atoms. The van der Waals surface area contributed by atoms with Crippen molar-refractivity contribution in [1.82, 2.24) is 19.3 Å². The fourth-order valence-corrected chi connectivity index (χ4v) is 2.10. The molecule has 2 aromatic heterocycles. The van der Waals surface area contributed by atoms with Crippen LogP contribution in [0.4, 0.5) is 0 Å². The minimum atomic E-state index is -0.283. The molecule has 0 aliphatic carbocycles. The van der Waals surface area contributed by atoms with Crippen molar-refractivity contribution in [1.29, 1.82) is 0 Å². The quantitative estimate of drug-likeness (QED) is 0.673. The summed E-state index contributed by atoms with van der Waals surface area (Å²) in [5.74, 6) is -0.283. The number of aryl methyl sites for hydroxylation is 1. The Morgan fingerprint density at radius 2 is 2.11 bits per heavy atom. The zero-order valence-electron chi connectivity index (χ0n) is 9.54. The predicted molar refractivity (Wildman–Crippen MR) is 67.7 cm³/mol. The minimum Gasteiger partial charge on any atom is -0.273 e. The maximum Gasteiger partial charge on any atom is 0.285 e. The smallest absolute Gasteiger partial charge is 0.273 e. The number of imidazole rings is 1. The average Bonchev–Trinajstić information content (AvgIpc) is 2.92. The summed E-state index contributed by atoms with van der Waals surface area (Å²) < 4.78 is 2.96. The summed E-state index contributed by atoms with van der Waals surface area (Å²) in [4.78, 5) is 16.5. The van der Waals surface area contributed by atoms with Crippen LogP contribution < -0.4 is 0 Å². The Labute approximate surface area is 108 Å². The van der Waals surface area contributed by atoms with Crippen molar-refractivity contribution in [2.24, 2.45) is 7.05 Å². The molecule has 0 atom stereocenters. The molecule has 0 amide bonds. The van der Waals surface area contributed by atoms with Gasteiger partial charge in [0.05, 0.1) is 16.1 Å². The molecule has 0 aliphatic heterocycles. The lowest BCUT2D eigenvalue weighted by Crippen LogP contribution is -2.12. The van der Waals surface area contributed by atoms with Crippen LogP contribution in [-0.4, -0.2) is 25.2 Å². The molecule has 3 aromatic rings. The summed E-state index contributed by atoms with van der Waals surface area (Å²) in [6.45, 7) is 0. The van der Waals surface area contributed by atoms with E-state index >= 15 is 0 Å². The Kier molecular flexibility index (Phi) is 2.41. The number of rotatable bonds is 1. The monoisotopic (exact) mass is 260 g/mol. The van der Waals surface area contributed by atoms with Gasteiger partial charge in [0.2, 0.25) is 0 Å². The van der Waals surface area contributed by atoms with Crippen molar-refractivity contribution in [3.63, 3.8) is 0 Å². The third-order valence-electron chi connectivity index (χ3n) is 2.66. The van der Waals surface area contributed by atoms with E-state index in [9.17, 15) is 4.79 Å². The van der Waals surface area contributed by atoms with Crippen LogP contribution in [0.3, 0.4) is 0 Å². The lowest BCUT2D eigenvalue weighted by atomic mass is 10.3. The van der Waals surface area contributed by atoms with Gasteiger partial charge in [0.1, 0.15) is 6.33 Å². The summed E-state index contributed by atoms with van der Waals surface area (Å²) in [6.07, 6.45) is 3.08. The zero-order valence-corrected chi connectivity index (χ0v) is 10.3. The molecule has 0 unspecified atom stereocenters. The molecule has 0 bridgehead atoms. The summed E-state index contributed by atoms with van der Waals surface area (Å²) in [5, 5.41) is 4.39. The number of fused-ring (bicyclic) bond motifs is 1. The van der Waals surface area contributed by atoms with Crippen LogP contribution in [-0.2, 0) is 7.05 Å². The fourth-order valence-electron chi connectivity index (χ4n) is 1.84. The van der Waals surface area contributed by atoms with Gasteiger partial charge in [-0.25, -0.2) is 4.98 Å². The number of nitrogens with zero attached hydrogens (tertiary/aromatic N) is 4. The number of benzene rings is 1. The molecule has 0 fully saturated rings. The Balaban J connectivity index is 2.15. The minimum absolute atomic E-state index is 0.224. The molecule has 0 aliphatic rings. The summed E-state index contributed by atoms with van der Waals surface area (Å²) in [6, 6.07) is 7.40. The zero-order chi connectivity index (χ0) is 12.7. The lowest BCUT2D eigenvalue weighted by molar-refractivity contribution is 0.0959. The first-order valence-corrected chi connectivity index (χ1v) is 5.70. The maximum atomic E-state index is 12.3. The van der Waals surface area contributed by atoms with E-state index < -0.39 is 0 Å². The molecular weight excluding hydrogens is 252 g/mol. The highest BCUT2D eigenvalue weighted by Crippen LogP contribution is 2.18. The first-order chi connectivity index (χ1) is 8.66. The van der Waals surface area contributed by atoms with Gasteiger partial charge in [-0.3, -0.25) is 14.0 Å². The largest absolute Gasteiger partial charge is 0.285 e. The van der Waals surface area contributed by atoms with Gasteiger partial charge < -0.3 is 0 Å². The molecule has 0 saturated carbocycles. The van der Waals surface area contributed by atoms with Crippen LogP contribution in [0.15, 0.2) is 36.8 Å². The third kappa shape index (κ3) is 1.60. The van der Waals surface area contributed by atoms with Gasteiger partial charge in [-0.15, -0.1) is 0 Å². The van der Waals surface area contributed by atoms with Crippen molar-refractivity contribution in [3.05, 3.63) is 47.5 Å². The Morgan fingerprint density at radius 1 is 1.33 bits per heavy atom.